The molecule has 0 spiro atoms. The van der Waals surface area contributed by atoms with E-state index in [4.69, 9.17) is 0 Å². The Hall–Kier alpha value is -2.18. The number of rotatable bonds is 8. The maximum Gasteiger partial charge on any atom is 0.217 e. The summed E-state index contributed by atoms with van der Waals surface area (Å²) in [6, 6.07) is 2.16. The van der Waals surface area contributed by atoms with Crippen molar-refractivity contribution >= 4 is 11.8 Å². The quantitative estimate of drug-likeness (QED) is 0.184. The first-order valence-electron chi connectivity index (χ1n) is 23.4. The number of nitrogens with one attached hydrogen (secondary N) is 4. The van der Waals surface area contributed by atoms with Crippen molar-refractivity contribution in [1.29, 1.82) is 0 Å². The topological polar surface area (TPSA) is 82.3 Å². The van der Waals surface area contributed by atoms with Crippen molar-refractivity contribution in [3.05, 3.63) is 46.6 Å². The van der Waals surface area contributed by atoms with Crippen molar-refractivity contribution in [2.45, 2.75) is 226 Å². The molecule has 2 amide bonds. The molecule has 336 valence electrons. The highest BCUT2D eigenvalue weighted by Crippen LogP contribution is 2.36. The number of carbonyl (C=O) groups is 2. The molecule has 0 bridgehead atoms. The first-order valence-corrected chi connectivity index (χ1v) is 23.4. The summed E-state index contributed by atoms with van der Waals surface area (Å²) >= 11 is 0. The minimum absolute atomic E-state index is 0.0857. The van der Waals surface area contributed by atoms with Crippen molar-refractivity contribution in [3.63, 3.8) is 0 Å². The van der Waals surface area contributed by atoms with Crippen LogP contribution in [0.1, 0.15) is 202 Å². The molecule has 6 heteroatoms. The van der Waals surface area contributed by atoms with Gasteiger partial charge in [-0.25, -0.2) is 0 Å². The summed E-state index contributed by atoms with van der Waals surface area (Å²) in [6.45, 7) is 42.0. The predicted molar refractivity (Wildman–Crippen MR) is 254 cm³/mol. The van der Waals surface area contributed by atoms with E-state index in [1.807, 2.05) is 0 Å². The minimum atomic E-state index is 0.0857. The van der Waals surface area contributed by atoms with E-state index in [9.17, 15) is 9.59 Å². The lowest BCUT2D eigenvalue weighted by molar-refractivity contribution is -0.120. The molecule has 0 aromatic carbocycles. The Morgan fingerprint density at radius 2 is 0.690 bits per heavy atom. The van der Waals surface area contributed by atoms with Crippen LogP contribution in [0, 0.1) is 33.5 Å². The van der Waals surface area contributed by atoms with Gasteiger partial charge >= 0.3 is 0 Å². The molecule has 0 unspecified atom stereocenters. The molecular formula is C52H96N4O2. The van der Waals surface area contributed by atoms with Crippen molar-refractivity contribution in [3.8, 4) is 0 Å². The lowest BCUT2D eigenvalue weighted by Gasteiger charge is -2.30. The maximum absolute atomic E-state index is 10.9. The summed E-state index contributed by atoms with van der Waals surface area (Å²) in [5.41, 5.74) is 7.68. The van der Waals surface area contributed by atoms with Crippen LogP contribution in [0.4, 0.5) is 0 Å². The molecule has 0 aromatic rings. The van der Waals surface area contributed by atoms with E-state index in [0.29, 0.717) is 33.7 Å². The zero-order valence-electron chi connectivity index (χ0n) is 41.5. The number of hydrogen-bond donors (Lipinski definition) is 4. The highest BCUT2D eigenvalue weighted by molar-refractivity contribution is 5.73. The monoisotopic (exact) mass is 809 g/mol. The summed E-state index contributed by atoms with van der Waals surface area (Å²) in [5, 5.41) is 13.2. The Bertz CT molecular complexity index is 1250. The molecule has 4 aliphatic rings. The zero-order chi connectivity index (χ0) is 44.5. The van der Waals surface area contributed by atoms with Crippen molar-refractivity contribution in [1.82, 2.24) is 21.3 Å². The fourth-order valence-corrected chi connectivity index (χ4v) is 8.07. The summed E-state index contributed by atoms with van der Waals surface area (Å²) in [7, 11) is 0. The van der Waals surface area contributed by atoms with E-state index >= 15 is 0 Å². The number of allylic oxidation sites excluding steroid dienone is 4. The molecule has 4 rings (SSSR count). The number of amides is 2. The largest absolute Gasteiger partial charge is 0.353 e. The number of carbonyl (C=O) groups excluding carboxylic acids is 2. The summed E-state index contributed by atoms with van der Waals surface area (Å²) in [6.07, 6.45) is 23.5. The molecule has 0 aliphatic heterocycles. The Morgan fingerprint density at radius 3 is 0.845 bits per heavy atom. The van der Waals surface area contributed by atoms with Gasteiger partial charge in [-0.05, 0) is 124 Å². The van der Waals surface area contributed by atoms with Crippen LogP contribution in [-0.2, 0) is 9.59 Å². The van der Waals surface area contributed by atoms with Crippen LogP contribution in [0.5, 0.6) is 0 Å². The Morgan fingerprint density at radius 1 is 0.466 bits per heavy atom. The second-order valence-electron chi connectivity index (χ2n) is 22.8. The molecule has 0 aromatic heterocycles. The van der Waals surface area contributed by atoms with Crippen LogP contribution < -0.4 is 21.3 Å². The average molecular weight is 809 g/mol. The lowest BCUT2D eigenvalue weighted by Crippen LogP contribution is -2.34. The van der Waals surface area contributed by atoms with Crippen LogP contribution in [0.15, 0.2) is 46.6 Å². The molecule has 58 heavy (non-hydrogen) atoms. The van der Waals surface area contributed by atoms with E-state index in [0.717, 1.165) is 75.5 Å². The van der Waals surface area contributed by atoms with Crippen LogP contribution in [-0.4, -0.2) is 49.1 Å². The van der Waals surface area contributed by atoms with Crippen LogP contribution in [0.25, 0.3) is 0 Å². The molecule has 4 aliphatic carbocycles. The molecule has 0 saturated carbocycles. The van der Waals surface area contributed by atoms with Gasteiger partial charge in [0.1, 0.15) is 0 Å². The third-order valence-corrected chi connectivity index (χ3v) is 11.9. The van der Waals surface area contributed by atoms with Gasteiger partial charge in [0.2, 0.25) is 11.8 Å². The molecule has 6 nitrogen and oxygen atoms in total. The summed E-state index contributed by atoms with van der Waals surface area (Å²) in [4.78, 5) is 21.7. The Labute approximate surface area is 360 Å². The molecule has 0 saturated heterocycles. The highest BCUT2D eigenvalue weighted by atomic mass is 16.2. The second kappa shape index (κ2) is 24.9. The van der Waals surface area contributed by atoms with E-state index in [2.05, 4.69) is 156 Å². The van der Waals surface area contributed by atoms with Gasteiger partial charge in [0.05, 0.1) is 0 Å². The van der Waals surface area contributed by atoms with Gasteiger partial charge in [0, 0.05) is 38.0 Å². The minimum Gasteiger partial charge on any atom is -0.353 e. The Kier molecular flexibility index (Phi) is 23.1. The van der Waals surface area contributed by atoms with Gasteiger partial charge in [-0.15, -0.1) is 0 Å². The molecule has 0 fully saturated rings. The summed E-state index contributed by atoms with van der Waals surface area (Å²) in [5.74, 6) is 1.70. The van der Waals surface area contributed by atoms with Gasteiger partial charge in [-0.1, -0.05) is 157 Å². The highest BCUT2D eigenvalue weighted by Gasteiger charge is 2.25. The van der Waals surface area contributed by atoms with E-state index < -0.39 is 0 Å². The van der Waals surface area contributed by atoms with Gasteiger partial charge in [0.25, 0.3) is 0 Å². The van der Waals surface area contributed by atoms with Gasteiger partial charge < -0.3 is 21.3 Å². The fourth-order valence-electron chi connectivity index (χ4n) is 8.07. The molecule has 0 heterocycles. The van der Waals surface area contributed by atoms with Gasteiger partial charge in [0.15, 0.2) is 0 Å². The Balaban J connectivity index is 0.000000387. The second-order valence-corrected chi connectivity index (χ2v) is 22.8. The first kappa shape index (κ1) is 53.8. The van der Waals surface area contributed by atoms with Crippen molar-refractivity contribution in [2.75, 3.05) is 13.1 Å². The molecule has 4 atom stereocenters. The van der Waals surface area contributed by atoms with Crippen molar-refractivity contribution in [2.24, 2.45) is 33.5 Å². The van der Waals surface area contributed by atoms with E-state index in [-0.39, 0.29) is 11.8 Å². The van der Waals surface area contributed by atoms with Crippen LogP contribution in [0.3, 0.4) is 0 Å². The first-order chi connectivity index (χ1) is 26.6. The van der Waals surface area contributed by atoms with E-state index in [1.54, 1.807) is 25.0 Å². The van der Waals surface area contributed by atoms with E-state index in [1.165, 1.54) is 49.7 Å². The molecular weight excluding hydrogens is 713 g/mol. The normalized spacial score (nSPS) is 23.0. The average Bonchev–Trinajstić information content (AvgIpc) is 3.09. The molecule has 4 N–H and O–H groups in total. The lowest BCUT2D eigenvalue weighted by atomic mass is 9.79. The maximum atomic E-state index is 10.9. The van der Waals surface area contributed by atoms with Gasteiger partial charge in [-0.2, -0.15) is 0 Å². The van der Waals surface area contributed by atoms with Gasteiger partial charge in [-0.3, -0.25) is 9.59 Å². The predicted octanol–water partition coefficient (Wildman–Crippen LogP) is 12.8. The number of hydrogen-bond acceptors (Lipinski definition) is 4. The third kappa shape index (κ3) is 23.6. The SMILES string of the molecule is CC(=O)N[C@@H]1CC=C(C(C)(C)C)CC1.CC(=O)N[C@H]1CC=C(C(C)(C)C)CC1.CC(C)CN[C@@H]1CC=C(C(C)(C)C)CC1.CC(C)CN[C@H]1CC=C(C(C)(C)C)CC1. The van der Waals surface area contributed by atoms with Crippen molar-refractivity contribution < 1.29 is 9.59 Å². The fraction of sp³-hybridized carbons (Fsp3) is 0.808. The molecule has 0 radical (unpaired) electrons. The summed E-state index contributed by atoms with van der Waals surface area (Å²) < 4.78 is 0. The zero-order valence-corrected chi connectivity index (χ0v) is 41.5. The standard InChI is InChI=1S/2C14H27N.2C12H21NO/c2*1-11(2)10-15-13-8-6-12(7-9-13)14(3,4)5;2*1-9(14)13-11-7-5-10(6-8-11)12(2,3)4/h2*6,11,13,15H,7-10H2,1-5H3;2*5,11H,6-8H2,1-4H3,(H,13,14)/t2*13-;2*11-/m1010/s1. The smallest absolute Gasteiger partial charge is 0.217 e. The third-order valence-electron chi connectivity index (χ3n) is 11.9. The van der Waals surface area contributed by atoms with Crippen LogP contribution >= 0.6 is 0 Å². The van der Waals surface area contributed by atoms with Crippen LogP contribution in [0.2, 0.25) is 0 Å².